The number of likely N-dealkylation sites (tertiary alicyclic amines) is 1. The number of anilines is 2. The molecule has 2 aromatic heterocycles. The zero-order valence-corrected chi connectivity index (χ0v) is 24.9. The van der Waals surface area contributed by atoms with Gasteiger partial charge in [0.25, 0.3) is 5.92 Å². The van der Waals surface area contributed by atoms with Crippen molar-refractivity contribution in [3.63, 3.8) is 0 Å². The molecule has 0 spiro atoms. The number of carbonyl (C=O) groups excluding carboxylic acids is 1. The first-order valence-corrected chi connectivity index (χ1v) is 14.8. The van der Waals surface area contributed by atoms with E-state index >= 15 is 0 Å². The van der Waals surface area contributed by atoms with Crippen LogP contribution in [0.2, 0.25) is 0 Å². The third-order valence-corrected chi connectivity index (χ3v) is 8.96. The number of alkyl halides is 3. The molecule has 0 saturated carbocycles. The molecule has 0 aliphatic carbocycles. The van der Waals surface area contributed by atoms with Gasteiger partial charge in [-0.2, -0.15) is 9.97 Å². The van der Waals surface area contributed by atoms with Crippen molar-refractivity contribution >= 4 is 28.3 Å². The van der Waals surface area contributed by atoms with Crippen LogP contribution in [0.5, 0.6) is 6.01 Å². The average molecular weight is 598 g/mol. The molecule has 12 heteroatoms. The molecule has 1 atom stereocenters. The van der Waals surface area contributed by atoms with Crippen LogP contribution < -0.4 is 14.5 Å². The number of hydrogen-bond donors (Lipinski definition) is 1. The van der Waals surface area contributed by atoms with Crippen LogP contribution in [0.3, 0.4) is 0 Å². The number of piperazine rings is 1. The summed E-state index contributed by atoms with van der Waals surface area (Å²) in [5.74, 6) is -2.18. The minimum absolute atomic E-state index is 0.0676. The van der Waals surface area contributed by atoms with Crippen LogP contribution in [0, 0.1) is 13.8 Å². The highest BCUT2D eigenvalue weighted by molar-refractivity contribution is 5.95. The van der Waals surface area contributed by atoms with Crippen molar-refractivity contribution in [2.45, 2.75) is 45.2 Å². The molecule has 3 aromatic rings. The summed E-state index contributed by atoms with van der Waals surface area (Å²) in [6, 6.07) is 4.01. The van der Waals surface area contributed by atoms with E-state index in [1.807, 2.05) is 6.20 Å². The number of hydrogen-bond acceptors (Lipinski definition) is 7. The lowest BCUT2D eigenvalue weighted by atomic mass is 9.99. The number of halogens is 3. The molecular formula is C31H38F3N7O2. The van der Waals surface area contributed by atoms with Crippen LogP contribution >= 0.6 is 0 Å². The molecule has 2 fully saturated rings. The van der Waals surface area contributed by atoms with Gasteiger partial charge in [0.05, 0.1) is 18.8 Å². The number of amides is 1. The fraction of sp³-hybridized carbons (Fsp3) is 0.516. The highest BCUT2D eigenvalue weighted by Crippen LogP contribution is 2.38. The molecule has 0 radical (unpaired) electrons. The summed E-state index contributed by atoms with van der Waals surface area (Å²) in [6.45, 7) is 6.76. The van der Waals surface area contributed by atoms with E-state index < -0.39 is 18.6 Å². The number of nitrogens with zero attached hydrogens (tertiary/aromatic N) is 6. The molecule has 1 N–H and O–H groups in total. The smallest absolute Gasteiger partial charge is 0.318 e. The monoisotopic (exact) mass is 597 g/mol. The van der Waals surface area contributed by atoms with E-state index in [9.17, 15) is 18.0 Å². The van der Waals surface area contributed by atoms with Gasteiger partial charge < -0.3 is 24.4 Å². The number of rotatable bonds is 7. The Bertz CT molecular complexity index is 1530. The molecule has 43 heavy (non-hydrogen) atoms. The summed E-state index contributed by atoms with van der Waals surface area (Å²) in [6.07, 6.45) is 4.92. The summed E-state index contributed by atoms with van der Waals surface area (Å²) in [4.78, 5) is 33.2. The molecule has 6 rings (SSSR count). The summed E-state index contributed by atoms with van der Waals surface area (Å²) in [7, 11) is 1.68. The predicted octanol–water partition coefficient (Wildman–Crippen LogP) is 4.03. The SMILES string of the molecule is Cc1cc2[nH]ccc2c(N2CCc3c(nc(OC[C@@H]4CC(F)(F)CN4C)nc3N3CCN(C(=O)/C=C/CF)CC3)C2)c1C. The summed E-state index contributed by atoms with van der Waals surface area (Å²) >= 11 is 0. The van der Waals surface area contributed by atoms with Crippen LogP contribution in [0.25, 0.3) is 10.9 Å². The zero-order chi connectivity index (χ0) is 30.3. The topological polar surface area (TPSA) is 80.8 Å². The van der Waals surface area contributed by atoms with E-state index in [-0.39, 0.29) is 31.5 Å². The second-order valence-corrected chi connectivity index (χ2v) is 11.8. The molecule has 5 heterocycles. The lowest BCUT2D eigenvalue weighted by Crippen LogP contribution is -2.49. The Labute approximate surface area is 249 Å². The Morgan fingerprint density at radius 1 is 1.16 bits per heavy atom. The van der Waals surface area contributed by atoms with Crippen molar-refractivity contribution in [2.24, 2.45) is 0 Å². The number of carbonyl (C=O) groups is 1. The second kappa shape index (κ2) is 11.7. The van der Waals surface area contributed by atoms with Gasteiger partial charge in [0.1, 0.15) is 19.1 Å². The number of benzene rings is 1. The molecule has 230 valence electrons. The first kappa shape index (κ1) is 29.3. The van der Waals surface area contributed by atoms with Gasteiger partial charge in [0.15, 0.2) is 0 Å². The molecule has 3 aliphatic rings. The minimum Gasteiger partial charge on any atom is -0.462 e. The molecule has 2 saturated heterocycles. The Morgan fingerprint density at radius 3 is 2.67 bits per heavy atom. The van der Waals surface area contributed by atoms with E-state index in [0.717, 1.165) is 40.9 Å². The van der Waals surface area contributed by atoms with Crippen LogP contribution in [0.4, 0.5) is 24.7 Å². The highest BCUT2D eigenvalue weighted by Gasteiger charge is 2.43. The lowest BCUT2D eigenvalue weighted by molar-refractivity contribution is -0.126. The Balaban J connectivity index is 1.29. The fourth-order valence-electron chi connectivity index (χ4n) is 6.54. The molecule has 0 unspecified atom stereocenters. The van der Waals surface area contributed by atoms with Crippen molar-refractivity contribution in [1.82, 2.24) is 24.8 Å². The number of allylic oxidation sites excluding steroid dienone is 1. The number of H-pyrrole nitrogens is 1. The van der Waals surface area contributed by atoms with Crippen LogP contribution in [-0.2, 0) is 17.8 Å². The number of ether oxygens (including phenoxy) is 1. The summed E-state index contributed by atoms with van der Waals surface area (Å²) < 4.78 is 46.6. The van der Waals surface area contributed by atoms with E-state index in [1.165, 1.54) is 29.0 Å². The number of aryl methyl sites for hydroxylation is 1. The highest BCUT2D eigenvalue weighted by atomic mass is 19.3. The Morgan fingerprint density at radius 2 is 1.95 bits per heavy atom. The number of aromatic nitrogens is 3. The van der Waals surface area contributed by atoms with Crippen molar-refractivity contribution in [3.8, 4) is 6.01 Å². The maximum Gasteiger partial charge on any atom is 0.318 e. The third kappa shape index (κ3) is 5.89. The van der Waals surface area contributed by atoms with Gasteiger partial charge in [0, 0.05) is 79.6 Å². The zero-order valence-electron chi connectivity index (χ0n) is 24.9. The minimum atomic E-state index is -2.74. The van der Waals surface area contributed by atoms with Gasteiger partial charge in [-0.05, 0) is 56.7 Å². The molecule has 1 amide bonds. The predicted molar refractivity (Wildman–Crippen MR) is 160 cm³/mol. The number of nitrogens with one attached hydrogen (secondary N) is 1. The van der Waals surface area contributed by atoms with Crippen molar-refractivity contribution in [3.05, 3.63) is 52.9 Å². The lowest BCUT2D eigenvalue weighted by Gasteiger charge is -2.38. The van der Waals surface area contributed by atoms with Gasteiger partial charge in [-0.1, -0.05) is 0 Å². The molecular weight excluding hydrogens is 559 g/mol. The average Bonchev–Trinajstić information content (AvgIpc) is 3.56. The van der Waals surface area contributed by atoms with Gasteiger partial charge >= 0.3 is 6.01 Å². The van der Waals surface area contributed by atoms with Crippen molar-refractivity contribution in [1.29, 1.82) is 0 Å². The molecule has 0 bridgehead atoms. The largest absolute Gasteiger partial charge is 0.462 e. The van der Waals surface area contributed by atoms with Crippen LogP contribution in [-0.4, -0.2) is 102 Å². The second-order valence-electron chi connectivity index (χ2n) is 11.8. The Kier molecular flexibility index (Phi) is 7.97. The Hall–Kier alpha value is -3.80. The van der Waals surface area contributed by atoms with Gasteiger partial charge in [-0.25, -0.2) is 13.2 Å². The maximum absolute atomic E-state index is 14.0. The fourth-order valence-corrected chi connectivity index (χ4v) is 6.54. The number of likely N-dealkylation sites (N-methyl/N-ethyl adjacent to an activating group) is 1. The third-order valence-electron chi connectivity index (χ3n) is 8.96. The number of aromatic amines is 1. The molecule has 3 aliphatic heterocycles. The summed E-state index contributed by atoms with van der Waals surface area (Å²) in [5.41, 5.74) is 6.57. The number of fused-ring (bicyclic) bond motifs is 2. The van der Waals surface area contributed by atoms with Crippen LogP contribution in [0.15, 0.2) is 30.5 Å². The van der Waals surface area contributed by atoms with Gasteiger partial charge in [0.2, 0.25) is 5.91 Å². The van der Waals surface area contributed by atoms with Crippen molar-refractivity contribution in [2.75, 3.05) is 69.4 Å². The van der Waals surface area contributed by atoms with Gasteiger partial charge in [-0.15, -0.1) is 0 Å². The van der Waals surface area contributed by atoms with E-state index in [4.69, 9.17) is 14.7 Å². The molecule has 1 aromatic carbocycles. The first-order chi connectivity index (χ1) is 20.6. The maximum atomic E-state index is 14.0. The van der Waals surface area contributed by atoms with Gasteiger partial charge in [-0.3, -0.25) is 9.69 Å². The summed E-state index contributed by atoms with van der Waals surface area (Å²) in [5, 5.41) is 1.16. The molecule has 9 nitrogen and oxygen atoms in total. The van der Waals surface area contributed by atoms with Crippen LogP contribution in [0.1, 0.15) is 28.8 Å². The standard InChI is InChI=1S/C31H38F3N7O2/c1-20-15-25-23(6-9-35-25)28(21(20)2)41-10-7-24-26(17-41)36-30(43-18-22-16-31(33,34)19-38(22)3)37-29(24)40-13-11-39(12-14-40)27(42)5-4-8-32/h4-6,9,15,22,35H,7-8,10-14,16-19H2,1-3H3/b5-4+/t22-/m0/s1. The normalized spacial score (nSPS) is 20.8. The quantitative estimate of drug-likeness (QED) is 0.412. The van der Waals surface area contributed by atoms with Crippen molar-refractivity contribution < 1.29 is 22.7 Å². The van der Waals surface area contributed by atoms with E-state index in [2.05, 4.69) is 40.8 Å². The van der Waals surface area contributed by atoms with E-state index in [0.29, 0.717) is 32.7 Å². The van der Waals surface area contributed by atoms with E-state index in [1.54, 1.807) is 16.8 Å². The first-order valence-electron chi connectivity index (χ1n) is 14.8.